The first-order valence-corrected chi connectivity index (χ1v) is 10.3. The van der Waals surface area contributed by atoms with Crippen LogP contribution in [0.15, 0.2) is 29.3 Å². The summed E-state index contributed by atoms with van der Waals surface area (Å²) in [5, 5.41) is 0. The van der Waals surface area contributed by atoms with Crippen molar-refractivity contribution in [1.82, 2.24) is 14.2 Å². The van der Waals surface area contributed by atoms with E-state index in [2.05, 4.69) is 9.88 Å². The molecule has 1 aromatic carbocycles. The highest BCUT2D eigenvalue weighted by Gasteiger charge is 2.33. The minimum Gasteiger partial charge on any atom is -0.496 e. The van der Waals surface area contributed by atoms with Gasteiger partial charge >= 0.3 is 0 Å². The third-order valence-electron chi connectivity index (χ3n) is 4.97. The first kappa shape index (κ1) is 20.6. The summed E-state index contributed by atoms with van der Waals surface area (Å²) in [5.41, 5.74) is 2.76. The second kappa shape index (κ2) is 8.10. The van der Waals surface area contributed by atoms with Crippen LogP contribution in [-0.4, -0.2) is 55.9 Å². The minimum absolute atomic E-state index is 0.151. The number of sulfonamides is 1. The van der Waals surface area contributed by atoms with Crippen molar-refractivity contribution in [1.29, 1.82) is 0 Å². The number of nitrogens with zero attached hydrogens (tertiary/aromatic N) is 3. The maximum Gasteiger partial charge on any atom is 0.249 e. The molecule has 0 bridgehead atoms. The molecule has 1 saturated heterocycles. The lowest BCUT2D eigenvalue weighted by molar-refractivity contribution is 0.179. The Morgan fingerprint density at radius 2 is 1.71 bits per heavy atom. The van der Waals surface area contributed by atoms with Crippen LogP contribution < -0.4 is 4.74 Å². The van der Waals surface area contributed by atoms with Gasteiger partial charge in [-0.05, 0) is 26.0 Å². The molecule has 0 atom stereocenters. The van der Waals surface area contributed by atoms with E-state index in [1.54, 1.807) is 13.3 Å². The fourth-order valence-electron chi connectivity index (χ4n) is 3.43. The van der Waals surface area contributed by atoms with E-state index in [0.29, 0.717) is 19.6 Å². The zero-order valence-electron chi connectivity index (χ0n) is 16.1. The molecule has 0 amide bonds. The molecule has 2 aromatic rings. The van der Waals surface area contributed by atoms with Crippen molar-refractivity contribution in [2.24, 2.45) is 0 Å². The second-order valence-electron chi connectivity index (χ2n) is 6.78. The topological polar surface area (TPSA) is 62.7 Å². The number of aryl methyl sites for hydroxylation is 1. The van der Waals surface area contributed by atoms with E-state index in [-0.39, 0.29) is 13.1 Å². The highest BCUT2D eigenvalue weighted by molar-refractivity contribution is 7.89. The average Bonchev–Trinajstić information content (AvgIpc) is 2.65. The SMILES string of the molecule is COc1c(C)cnc(CN2CCN(S(=O)(=O)c3c(F)cccc3F)CC2)c1C. The van der Waals surface area contributed by atoms with Gasteiger partial charge in [0, 0.05) is 50.0 Å². The van der Waals surface area contributed by atoms with Crippen LogP contribution in [0.5, 0.6) is 5.75 Å². The quantitative estimate of drug-likeness (QED) is 0.757. The molecule has 9 heteroatoms. The molecule has 0 N–H and O–H groups in total. The molecular weight excluding hydrogens is 388 g/mol. The van der Waals surface area contributed by atoms with Gasteiger partial charge in [-0.3, -0.25) is 9.88 Å². The van der Waals surface area contributed by atoms with Gasteiger partial charge in [-0.1, -0.05) is 6.07 Å². The molecule has 1 aliphatic heterocycles. The van der Waals surface area contributed by atoms with E-state index in [0.717, 1.165) is 45.1 Å². The van der Waals surface area contributed by atoms with E-state index in [4.69, 9.17) is 4.74 Å². The van der Waals surface area contributed by atoms with E-state index in [1.165, 1.54) is 0 Å². The number of benzene rings is 1. The zero-order valence-corrected chi connectivity index (χ0v) is 16.9. The van der Waals surface area contributed by atoms with Crippen molar-refractivity contribution in [3.05, 3.63) is 52.9 Å². The lowest BCUT2D eigenvalue weighted by Gasteiger charge is -2.34. The molecule has 0 unspecified atom stereocenters. The molecule has 152 valence electrons. The predicted octanol–water partition coefficient (Wildman–Crippen LogP) is 2.49. The first-order valence-electron chi connectivity index (χ1n) is 8.91. The number of pyridine rings is 1. The van der Waals surface area contributed by atoms with Gasteiger partial charge in [0.2, 0.25) is 10.0 Å². The summed E-state index contributed by atoms with van der Waals surface area (Å²) in [6, 6.07) is 3.05. The van der Waals surface area contributed by atoms with Crippen molar-refractivity contribution in [2.75, 3.05) is 33.3 Å². The van der Waals surface area contributed by atoms with E-state index < -0.39 is 26.6 Å². The van der Waals surface area contributed by atoms with Crippen LogP contribution >= 0.6 is 0 Å². The van der Waals surface area contributed by atoms with Gasteiger partial charge in [-0.2, -0.15) is 4.31 Å². The molecule has 3 rings (SSSR count). The standard InChI is InChI=1S/C19H23F2N3O3S/c1-13-11-22-17(14(2)18(13)27-3)12-23-7-9-24(10-8-23)28(25,26)19-15(20)5-4-6-16(19)21/h4-6,11H,7-10,12H2,1-3H3. The molecular formula is C19H23F2N3O3S. The van der Waals surface area contributed by atoms with Crippen LogP contribution in [0.3, 0.4) is 0 Å². The Labute approximate surface area is 163 Å². The van der Waals surface area contributed by atoms with Crippen LogP contribution in [0, 0.1) is 25.5 Å². The number of aromatic nitrogens is 1. The van der Waals surface area contributed by atoms with Crippen molar-refractivity contribution in [3.63, 3.8) is 0 Å². The number of hydrogen-bond acceptors (Lipinski definition) is 5. The number of halogens is 2. The third kappa shape index (κ3) is 3.87. The molecule has 1 aromatic heterocycles. The molecule has 0 spiro atoms. The number of ether oxygens (including phenoxy) is 1. The van der Waals surface area contributed by atoms with Gasteiger partial charge in [-0.25, -0.2) is 17.2 Å². The monoisotopic (exact) mass is 411 g/mol. The summed E-state index contributed by atoms with van der Waals surface area (Å²) in [5.74, 6) is -1.36. The fraction of sp³-hybridized carbons (Fsp3) is 0.421. The number of rotatable bonds is 5. The highest BCUT2D eigenvalue weighted by atomic mass is 32.2. The van der Waals surface area contributed by atoms with Crippen molar-refractivity contribution in [3.8, 4) is 5.75 Å². The van der Waals surface area contributed by atoms with Crippen LogP contribution in [0.4, 0.5) is 8.78 Å². The van der Waals surface area contributed by atoms with Crippen LogP contribution in [-0.2, 0) is 16.6 Å². The van der Waals surface area contributed by atoms with Crippen LogP contribution in [0.1, 0.15) is 16.8 Å². The van der Waals surface area contributed by atoms with Gasteiger partial charge in [0.1, 0.15) is 17.4 Å². The Kier molecular flexibility index (Phi) is 5.97. The van der Waals surface area contributed by atoms with E-state index in [9.17, 15) is 17.2 Å². The van der Waals surface area contributed by atoms with Gasteiger partial charge in [0.05, 0.1) is 12.8 Å². The van der Waals surface area contributed by atoms with Gasteiger partial charge in [0.15, 0.2) is 4.90 Å². The summed E-state index contributed by atoms with van der Waals surface area (Å²) < 4.78 is 59.8. The van der Waals surface area contributed by atoms with Crippen molar-refractivity contribution in [2.45, 2.75) is 25.3 Å². The number of methoxy groups -OCH3 is 1. The lowest BCUT2D eigenvalue weighted by Crippen LogP contribution is -2.48. The summed E-state index contributed by atoms with van der Waals surface area (Å²) in [6.07, 6.45) is 1.75. The molecule has 0 radical (unpaired) electrons. The lowest BCUT2D eigenvalue weighted by atomic mass is 10.1. The smallest absolute Gasteiger partial charge is 0.249 e. The Hall–Kier alpha value is -2.10. The highest BCUT2D eigenvalue weighted by Crippen LogP contribution is 2.26. The second-order valence-corrected chi connectivity index (χ2v) is 8.65. The zero-order chi connectivity index (χ0) is 20.5. The van der Waals surface area contributed by atoms with Crippen LogP contribution in [0.2, 0.25) is 0 Å². The summed E-state index contributed by atoms with van der Waals surface area (Å²) >= 11 is 0. The third-order valence-corrected chi connectivity index (χ3v) is 6.92. The molecule has 2 heterocycles. The predicted molar refractivity (Wildman–Crippen MR) is 101 cm³/mol. The van der Waals surface area contributed by atoms with E-state index in [1.807, 2.05) is 13.8 Å². The molecule has 0 aliphatic carbocycles. The van der Waals surface area contributed by atoms with E-state index >= 15 is 0 Å². The Morgan fingerprint density at radius 1 is 1.11 bits per heavy atom. The number of hydrogen-bond donors (Lipinski definition) is 0. The normalized spacial score (nSPS) is 16.3. The van der Waals surface area contributed by atoms with Crippen molar-refractivity contribution < 1.29 is 21.9 Å². The van der Waals surface area contributed by atoms with Gasteiger partial charge in [0.25, 0.3) is 0 Å². The fourth-order valence-corrected chi connectivity index (χ4v) is 4.96. The average molecular weight is 411 g/mol. The van der Waals surface area contributed by atoms with Crippen molar-refractivity contribution >= 4 is 10.0 Å². The van der Waals surface area contributed by atoms with Gasteiger partial charge in [-0.15, -0.1) is 0 Å². The molecule has 0 saturated carbocycles. The molecule has 1 aliphatic rings. The maximum absolute atomic E-state index is 13.9. The Bertz CT molecular complexity index is 954. The number of piperazine rings is 1. The molecule has 28 heavy (non-hydrogen) atoms. The van der Waals surface area contributed by atoms with Crippen LogP contribution in [0.25, 0.3) is 0 Å². The first-order chi connectivity index (χ1) is 13.3. The Balaban J connectivity index is 1.72. The summed E-state index contributed by atoms with van der Waals surface area (Å²) in [7, 11) is -2.61. The summed E-state index contributed by atoms with van der Waals surface area (Å²) in [4.78, 5) is 5.64. The Morgan fingerprint density at radius 3 is 2.29 bits per heavy atom. The van der Waals surface area contributed by atoms with Gasteiger partial charge < -0.3 is 4.74 Å². The molecule has 6 nitrogen and oxygen atoms in total. The maximum atomic E-state index is 13.9. The largest absolute Gasteiger partial charge is 0.496 e. The summed E-state index contributed by atoms with van der Waals surface area (Å²) in [6.45, 7) is 5.59. The minimum atomic E-state index is -4.22. The molecule has 1 fully saturated rings.